The van der Waals surface area contributed by atoms with Gasteiger partial charge in [0, 0.05) is 20.1 Å². The van der Waals surface area contributed by atoms with E-state index in [1.165, 1.54) is 0 Å². The fraction of sp³-hybridized carbons (Fsp3) is 0.737. The zero-order valence-electron chi connectivity index (χ0n) is 17.2. The Morgan fingerprint density at radius 2 is 1.85 bits per heavy atom. The first-order chi connectivity index (χ1) is 12.7. The number of hydrogen-bond acceptors (Lipinski definition) is 7. The normalized spacial score (nSPS) is 19.7. The van der Waals surface area contributed by atoms with Gasteiger partial charge in [0.1, 0.15) is 12.2 Å². The lowest BCUT2D eigenvalue weighted by Gasteiger charge is -2.38. The smallest absolute Gasteiger partial charge is 0.414 e. The fourth-order valence-corrected chi connectivity index (χ4v) is 3.47. The molecule has 27 heavy (non-hydrogen) atoms. The summed E-state index contributed by atoms with van der Waals surface area (Å²) in [6, 6.07) is 0.216. The lowest BCUT2D eigenvalue weighted by atomic mass is 10.0. The molecule has 150 valence electrons. The van der Waals surface area contributed by atoms with Crippen LogP contribution in [0.5, 0.6) is 5.75 Å². The third-order valence-corrected chi connectivity index (χ3v) is 4.85. The van der Waals surface area contributed by atoms with E-state index in [0.29, 0.717) is 24.1 Å². The summed E-state index contributed by atoms with van der Waals surface area (Å²) in [5.41, 5.74) is -0.585. The van der Waals surface area contributed by atoms with Crippen LogP contribution in [0.2, 0.25) is 0 Å². The van der Waals surface area contributed by atoms with Crippen molar-refractivity contribution in [2.24, 2.45) is 5.92 Å². The number of anilines is 3. The molecule has 1 saturated heterocycles. The number of fused-ring (bicyclic) bond motifs is 1. The largest absolute Gasteiger partial charge is 0.484 e. The van der Waals surface area contributed by atoms with Crippen LogP contribution in [0.4, 0.5) is 22.4 Å². The molecule has 1 unspecified atom stereocenters. The lowest BCUT2D eigenvalue weighted by Crippen LogP contribution is -2.45. The highest BCUT2D eigenvalue weighted by molar-refractivity contribution is 5.84. The van der Waals surface area contributed by atoms with Crippen molar-refractivity contribution < 1.29 is 14.3 Å². The second-order valence-electron chi connectivity index (χ2n) is 8.58. The average Bonchev–Trinajstić information content (AvgIpc) is 3.07. The maximum Gasteiger partial charge on any atom is 0.414 e. The van der Waals surface area contributed by atoms with E-state index in [1.54, 1.807) is 0 Å². The molecule has 1 atom stereocenters. The molecule has 0 aliphatic carbocycles. The first-order valence-electron chi connectivity index (χ1n) is 9.68. The number of hydrogen-bond donors (Lipinski definition) is 1. The Kier molecular flexibility index (Phi) is 5.35. The summed E-state index contributed by atoms with van der Waals surface area (Å²) >= 11 is 0. The first-order valence-corrected chi connectivity index (χ1v) is 9.68. The van der Waals surface area contributed by atoms with Crippen molar-refractivity contribution in [1.82, 2.24) is 9.97 Å². The summed E-state index contributed by atoms with van der Waals surface area (Å²) in [6.07, 6.45) is 1.69. The number of aromatic nitrogens is 2. The summed E-state index contributed by atoms with van der Waals surface area (Å²) in [6.45, 7) is 12.3. The number of nitrogens with zero attached hydrogens (tertiary/aromatic N) is 4. The standard InChI is InChI=1S/C19H31N5O3/c1-12(2)13-11-26-14-15(23(13)6)20-17(22-18(25)27-19(3,4)5)21-16(14)24-9-7-8-10-24/h12-13H,7-11H2,1-6H3,(H,20,21,22,25). The van der Waals surface area contributed by atoms with E-state index in [2.05, 4.69) is 38.9 Å². The highest BCUT2D eigenvalue weighted by Gasteiger charge is 2.34. The van der Waals surface area contributed by atoms with Gasteiger partial charge in [0.05, 0.1) is 6.04 Å². The molecule has 1 fully saturated rings. The number of rotatable bonds is 3. The minimum Gasteiger partial charge on any atom is -0.484 e. The molecule has 8 nitrogen and oxygen atoms in total. The second-order valence-corrected chi connectivity index (χ2v) is 8.58. The van der Waals surface area contributed by atoms with E-state index in [0.717, 1.165) is 31.7 Å². The summed E-state index contributed by atoms with van der Waals surface area (Å²) in [7, 11) is 2.02. The van der Waals surface area contributed by atoms with Crippen LogP contribution >= 0.6 is 0 Å². The molecule has 0 bridgehead atoms. The zero-order valence-corrected chi connectivity index (χ0v) is 17.2. The molecule has 1 amide bonds. The highest BCUT2D eigenvalue weighted by Crippen LogP contribution is 2.41. The van der Waals surface area contributed by atoms with Crippen LogP contribution in [0.3, 0.4) is 0 Å². The number of carbonyl (C=O) groups excluding carboxylic acids is 1. The third kappa shape index (κ3) is 4.36. The molecule has 3 rings (SSSR count). The van der Waals surface area contributed by atoms with Gasteiger partial charge in [-0.15, -0.1) is 0 Å². The van der Waals surface area contributed by atoms with E-state index in [9.17, 15) is 4.79 Å². The Morgan fingerprint density at radius 1 is 1.22 bits per heavy atom. The van der Waals surface area contributed by atoms with Crippen molar-refractivity contribution in [3.8, 4) is 5.75 Å². The Balaban J connectivity index is 1.95. The van der Waals surface area contributed by atoms with E-state index in [1.807, 2.05) is 27.8 Å². The lowest BCUT2D eigenvalue weighted by molar-refractivity contribution is 0.0634. The molecule has 1 aromatic heterocycles. The minimum atomic E-state index is -0.585. The van der Waals surface area contributed by atoms with Gasteiger partial charge in [-0.25, -0.2) is 4.79 Å². The molecular formula is C19H31N5O3. The third-order valence-electron chi connectivity index (χ3n) is 4.85. The topological polar surface area (TPSA) is 79.8 Å². The maximum atomic E-state index is 12.2. The van der Waals surface area contributed by atoms with Crippen molar-refractivity contribution in [2.75, 3.05) is 41.9 Å². The van der Waals surface area contributed by atoms with Crippen LogP contribution in [0, 0.1) is 5.92 Å². The average molecular weight is 377 g/mol. The summed E-state index contributed by atoms with van der Waals surface area (Å²) in [4.78, 5) is 25.7. The highest BCUT2D eigenvalue weighted by atomic mass is 16.6. The Morgan fingerprint density at radius 3 is 2.44 bits per heavy atom. The zero-order chi connectivity index (χ0) is 19.8. The Labute approximate surface area is 161 Å². The molecular weight excluding hydrogens is 346 g/mol. The van der Waals surface area contributed by atoms with Crippen LogP contribution in [-0.2, 0) is 4.74 Å². The monoisotopic (exact) mass is 377 g/mol. The van der Waals surface area contributed by atoms with E-state index in [4.69, 9.17) is 9.47 Å². The van der Waals surface area contributed by atoms with Crippen molar-refractivity contribution in [2.45, 2.75) is 59.1 Å². The summed E-state index contributed by atoms with van der Waals surface area (Å²) < 4.78 is 11.4. The van der Waals surface area contributed by atoms with Gasteiger partial charge in [-0.1, -0.05) is 13.8 Å². The van der Waals surface area contributed by atoms with Gasteiger partial charge in [-0.05, 0) is 39.5 Å². The number of amides is 1. The quantitative estimate of drug-likeness (QED) is 0.866. The van der Waals surface area contributed by atoms with Crippen molar-refractivity contribution in [1.29, 1.82) is 0 Å². The fourth-order valence-electron chi connectivity index (χ4n) is 3.47. The van der Waals surface area contributed by atoms with Crippen LogP contribution in [0.1, 0.15) is 47.5 Å². The molecule has 0 saturated carbocycles. The predicted molar refractivity (Wildman–Crippen MR) is 106 cm³/mol. The van der Waals surface area contributed by atoms with Gasteiger partial charge in [0.25, 0.3) is 0 Å². The number of nitrogens with one attached hydrogen (secondary N) is 1. The van der Waals surface area contributed by atoms with E-state index >= 15 is 0 Å². The van der Waals surface area contributed by atoms with Crippen molar-refractivity contribution >= 4 is 23.7 Å². The van der Waals surface area contributed by atoms with Gasteiger partial charge in [-0.2, -0.15) is 9.97 Å². The molecule has 1 N–H and O–H groups in total. The molecule has 3 heterocycles. The summed E-state index contributed by atoms with van der Waals surface area (Å²) in [5, 5.41) is 2.68. The predicted octanol–water partition coefficient (Wildman–Crippen LogP) is 3.28. The van der Waals surface area contributed by atoms with E-state index < -0.39 is 11.7 Å². The van der Waals surface area contributed by atoms with Gasteiger partial charge in [-0.3, -0.25) is 5.32 Å². The van der Waals surface area contributed by atoms with Gasteiger partial charge < -0.3 is 19.3 Å². The maximum absolute atomic E-state index is 12.2. The molecule has 0 radical (unpaired) electrons. The molecule has 2 aliphatic rings. The first kappa shape index (κ1) is 19.5. The number of ether oxygens (including phenoxy) is 2. The van der Waals surface area contributed by atoms with Gasteiger partial charge in [0.15, 0.2) is 11.6 Å². The SMILES string of the molecule is CC(C)C1COc2c(N3CCCC3)nc(NC(=O)OC(C)(C)C)nc2N1C. The van der Waals surface area contributed by atoms with Crippen LogP contribution in [0.15, 0.2) is 0 Å². The molecule has 2 aliphatic heterocycles. The van der Waals surface area contributed by atoms with Crippen LogP contribution in [0.25, 0.3) is 0 Å². The molecule has 0 aromatic carbocycles. The molecule has 0 spiro atoms. The number of carbonyl (C=O) groups is 1. The Bertz CT molecular complexity index is 695. The molecule has 1 aromatic rings. The van der Waals surface area contributed by atoms with E-state index in [-0.39, 0.29) is 12.0 Å². The Hall–Kier alpha value is -2.25. The van der Waals surface area contributed by atoms with Gasteiger partial charge in [0.2, 0.25) is 11.7 Å². The van der Waals surface area contributed by atoms with Crippen molar-refractivity contribution in [3.05, 3.63) is 0 Å². The van der Waals surface area contributed by atoms with Crippen molar-refractivity contribution in [3.63, 3.8) is 0 Å². The minimum absolute atomic E-state index is 0.216. The van der Waals surface area contributed by atoms with Crippen LogP contribution in [-0.4, -0.2) is 54.4 Å². The second kappa shape index (κ2) is 7.40. The van der Waals surface area contributed by atoms with Gasteiger partial charge >= 0.3 is 6.09 Å². The number of likely N-dealkylation sites (N-methyl/N-ethyl adjacent to an activating group) is 1. The summed E-state index contributed by atoms with van der Waals surface area (Å²) in [5.74, 6) is 2.81. The van der Waals surface area contributed by atoms with Crippen LogP contribution < -0.4 is 19.9 Å². The molecule has 8 heteroatoms.